The number of aryl methyl sites for hydroxylation is 2. The van der Waals surface area contributed by atoms with Gasteiger partial charge in [-0.15, -0.1) is 11.3 Å². The highest BCUT2D eigenvalue weighted by molar-refractivity contribution is 7.09. The third-order valence-electron chi connectivity index (χ3n) is 5.53. The first-order chi connectivity index (χ1) is 14.9. The van der Waals surface area contributed by atoms with E-state index in [0.717, 1.165) is 29.9 Å². The van der Waals surface area contributed by atoms with Gasteiger partial charge in [0.25, 0.3) is 5.56 Å². The number of para-hydroxylation sites is 1. The molecule has 160 valence electrons. The Labute approximate surface area is 185 Å². The molecule has 1 N–H and O–H groups in total. The quantitative estimate of drug-likeness (QED) is 0.426. The molecular formula is C24H26N4O2S. The second kappa shape index (κ2) is 8.99. The third-order valence-corrected chi connectivity index (χ3v) is 6.47. The monoisotopic (exact) mass is 434 g/mol. The Balaban J connectivity index is 1.44. The molecule has 0 aliphatic heterocycles. The summed E-state index contributed by atoms with van der Waals surface area (Å²) in [5, 5.41) is 2.66. The van der Waals surface area contributed by atoms with Gasteiger partial charge in [0.1, 0.15) is 5.82 Å². The van der Waals surface area contributed by atoms with Crippen LogP contribution in [0.25, 0.3) is 10.9 Å². The van der Waals surface area contributed by atoms with Crippen LogP contribution in [0.5, 0.6) is 0 Å². The van der Waals surface area contributed by atoms with Crippen LogP contribution in [0.2, 0.25) is 0 Å². The number of thiophene rings is 1. The molecule has 0 aliphatic carbocycles. The first kappa shape index (κ1) is 21.2. The topological polar surface area (TPSA) is 71.0 Å². The van der Waals surface area contributed by atoms with Gasteiger partial charge in [-0.25, -0.2) is 4.98 Å². The minimum atomic E-state index is -0.158. The van der Waals surface area contributed by atoms with E-state index in [-0.39, 0.29) is 17.9 Å². The number of ketones is 1. The van der Waals surface area contributed by atoms with E-state index in [0.29, 0.717) is 23.3 Å². The van der Waals surface area contributed by atoms with Crippen molar-refractivity contribution in [1.29, 1.82) is 0 Å². The van der Waals surface area contributed by atoms with Crippen molar-refractivity contribution in [3.63, 3.8) is 0 Å². The molecule has 3 aromatic heterocycles. The number of benzene rings is 1. The van der Waals surface area contributed by atoms with Gasteiger partial charge in [0, 0.05) is 28.4 Å². The largest absolute Gasteiger partial charge is 0.348 e. The molecular weight excluding hydrogens is 408 g/mol. The van der Waals surface area contributed by atoms with Gasteiger partial charge in [-0.1, -0.05) is 18.2 Å². The molecule has 0 bridgehead atoms. The predicted molar refractivity (Wildman–Crippen MR) is 125 cm³/mol. The summed E-state index contributed by atoms with van der Waals surface area (Å²) >= 11 is 1.76. The molecule has 0 fully saturated rings. The van der Waals surface area contributed by atoms with Crippen LogP contribution >= 0.6 is 11.3 Å². The SMILES string of the molecule is Cc1cc(C(=O)CN(C)Cc2nc3ccccc3c(=O)[nH]2)c(C)n1CCc1cccs1. The molecule has 0 saturated heterocycles. The lowest BCUT2D eigenvalue weighted by molar-refractivity contribution is 0.0941. The van der Waals surface area contributed by atoms with Crippen LogP contribution in [0.15, 0.2) is 52.6 Å². The average molecular weight is 435 g/mol. The summed E-state index contributed by atoms with van der Waals surface area (Å²) in [5.74, 6) is 0.626. The number of H-pyrrole nitrogens is 1. The van der Waals surface area contributed by atoms with E-state index in [1.807, 2.05) is 50.1 Å². The summed E-state index contributed by atoms with van der Waals surface area (Å²) in [4.78, 5) is 35.9. The van der Waals surface area contributed by atoms with Crippen molar-refractivity contribution in [2.75, 3.05) is 13.6 Å². The number of likely N-dealkylation sites (N-methyl/N-ethyl adjacent to an activating group) is 1. The molecule has 0 spiro atoms. The van der Waals surface area contributed by atoms with Crippen LogP contribution in [0.1, 0.15) is 32.4 Å². The molecule has 1 aromatic carbocycles. The van der Waals surface area contributed by atoms with Crippen molar-refractivity contribution in [2.45, 2.75) is 33.4 Å². The normalized spacial score (nSPS) is 11.5. The van der Waals surface area contributed by atoms with Crippen molar-refractivity contribution in [1.82, 2.24) is 19.4 Å². The number of rotatable bonds is 8. The molecule has 31 heavy (non-hydrogen) atoms. The maximum absolute atomic E-state index is 13.0. The van der Waals surface area contributed by atoms with E-state index in [1.165, 1.54) is 4.88 Å². The number of aromatic nitrogens is 3. The smallest absolute Gasteiger partial charge is 0.258 e. The van der Waals surface area contributed by atoms with E-state index >= 15 is 0 Å². The van der Waals surface area contributed by atoms with Crippen molar-refractivity contribution in [3.05, 3.63) is 85.9 Å². The summed E-state index contributed by atoms with van der Waals surface area (Å²) in [6.07, 6.45) is 0.961. The zero-order valence-electron chi connectivity index (χ0n) is 18.0. The maximum Gasteiger partial charge on any atom is 0.258 e. The van der Waals surface area contributed by atoms with E-state index in [4.69, 9.17) is 0 Å². The number of nitrogens with zero attached hydrogens (tertiary/aromatic N) is 3. The molecule has 0 aliphatic rings. The fourth-order valence-electron chi connectivity index (χ4n) is 3.96. The summed E-state index contributed by atoms with van der Waals surface area (Å²) < 4.78 is 2.22. The van der Waals surface area contributed by atoms with E-state index in [1.54, 1.807) is 17.4 Å². The van der Waals surface area contributed by atoms with Gasteiger partial charge < -0.3 is 9.55 Å². The van der Waals surface area contributed by atoms with Crippen LogP contribution in [-0.2, 0) is 19.5 Å². The molecule has 0 amide bonds. The number of fused-ring (bicyclic) bond motifs is 1. The lowest BCUT2D eigenvalue weighted by Gasteiger charge is -2.15. The lowest BCUT2D eigenvalue weighted by Crippen LogP contribution is -2.28. The average Bonchev–Trinajstić information content (AvgIpc) is 3.34. The van der Waals surface area contributed by atoms with Gasteiger partial charge in [0.2, 0.25) is 0 Å². The fraction of sp³-hybridized carbons (Fsp3) is 0.292. The fourth-order valence-corrected chi connectivity index (χ4v) is 4.65. The van der Waals surface area contributed by atoms with Crippen LogP contribution in [0, 0.1) is 13.8 Å². The minimum Gasteiger partial charge on any atom is -0.348 e. The Morgan fingerprint density at radius 3 is 2.77 bits per heavy atom. The van der Waals surface area contributed by atoms with Crippen LogP contribution in [0.4, 0.5) is 0 Å². The zero-order valence-corrected chi connectivity index (χ0v) is 18.8. The number of carbonyl (C=O) groups is 1. The van der Waals surface area contributed by atoms with Crippen molar-refractivity contribution < 1.29 is 4.79 Å². The Bertz CT molecular complexity index is 1270. The summed E-state index contributed by atoms with van der Waals surface area (Å²) in [5.41, 5.74) is 3.37. The molecule has 0 atom stereocenters. The van der Waals surface area contributed by atoms with E-state index in [9.17, 15) is 9.59 Å². The number of carbonyl (C=O) groups excluding carboxylic acids is 1. The van der Waals surface area contributed by atoms with Crippen molar-refractivity contribution >= 4 is 28.0 Å². The summed E-state index contributed by atoms with van der Waals surface area (Å²) in [6.45, 7) is 5.57. The highest BCUT2D eigenvalue weighted by Gasteiger charge is 2.18. The lowest BCUT2D eigenvalue weighted by atomic mass is 10.1. The summed E-state index contributed by atoms with van der Waals surface area (Å²) in [7, 11) is 1.86. The Morgan fingerprint density at radius 2 is 2.00 bits per heavy atom. The van der Waals surface area contributed by atoms with Gasteiger partial charge in [-0.05, 0) is 57.0 Å². The van der Waals surface area contributed by atoms with Crippen LogP contribution in [0.3, 0.4) is 0 Å². The van der Waals surface area contributed by atoms with E-state index in [2.05, 4.69) is 32.0 Å². The molecule has 0 saturated carbocycles. The van der Waals surface area contributed by atoms with Gasteiger partial charge in [0.15, 0.2) is 5.78 Å². The third kappa shape index (κ3) is 4.68. The molecule has 0 radical (unpaired) electrons. The number of nitrogens with one attached hydrogen (secondary N) is 1. The standard InChI is InChI=1S/C24H26N4O2S/c1-16-13-20(17(2)28(16)11-10-18-7-6-12-31-18)22(29)14-27(3)15-23-25-21-9-5-4-8-19(21)24(30)26-23/h4-9,12-13H,10-11,14-15H2,1-3H3,(H,25,26,30). The highest BCUT2D eigenvalue weighted by atomic mass is 32.1. The van der Waals surface area contributed by atoms with Crippen molar-refractivity contribution in [3.8, 4) is 0 Å². The molecule has 3 heterocycles. The molecule has 4 rings (SSSR count). The van der Waals surface area contributed by atoms with Gasteiger partial charge in [0.05, 0.1) is 24.0 Å². The number of Topliss-reactive ketones (excluding diaryl/α,β-unsaturated/α-hetero) is 1. The van der Waals surface area contributed by atoms with Crippen LogP contribution < -0.4 is 5.56 Å². The van der Waals surface area contributed by atoms with Gasteiger partial charge >= 0.3 is 0 Å². The van der Waals surface area contributed by atoms with Crippen molar-refractivity contribution in [2.24, 2.45) is 0 Å². The summed E-state index contributed by atoms with van der Waals surface area (Å²) in [6, 6.07) is 13.5. The molecule has 4 aromatic rings. The number of hydrogen-bond donors (Lipinski definition) is 1. The highest BCUT2D eigenvalue weighted by Crippen LogP contribution is 2.18. The Kier molecular flexibility index (Phi) is 6.15. The zero-order chi connectivity index (χ0) is 22.0. The molecule has 7 heteroatoms. The number of hydrogen-bond acceptors (Lipinski definition) is 5. The maximum atomic E-state index is 13.0. The van der Waals surface area contributed by atoms with Gasteiger partial charge in [-0.2, -0.15) is 0 Å². The van der Waals surface area contributed by atoms with Gasteiger partial charge in [-0.3, -0.25) is 14.5 Å². The van der Waals surface area contributed by atoms with Crippen LogP contribution in [-0.4, -0.2) is 38.8 Å². The number of aromatic amines is 1. The van der Waals surface area contributed by atoms with E-state index < -0.39 is 0 Å². The predicted octanol–water partition coefficient (Wildman–Crippen LogP) is 3.96. The molecule has 6 nitrogen and oxygen atoms in total. The second-order valence-corrected chi connectivity index (χ2v) is 8.92. The molecule has 0 unspecified atom stereocenters. The second-order valence-electron chi connectivity index (χ2n) is 7.89. The first-order valence-corrected chi connectivity index (χ1v) is 11.2. The Morgan fingerprint density at radius 1 is 1.19 bits per heavy atom. The minimum absolute atomic E-state index is 0.0705. The first-order valence-electron chi connectivity index (χ1n) is 10.3. The Hall–Kier alpha value is -3.03.